The molecule has 0 aliphatic carbocycles. The van der Waals surface area contributed by atoms with Crippen LogP contribution in [0.1, 0.15) is 17.2 Å². The van der Waals surface area contributed by atoms with Crippen molar-refractivity contribution in [2.75, 3.05) is 7.11 Å². The highest BCUT2D eigenvalue weighted by atomic mass is 16.5. The van der Waals surface area contributed by atoms with E-state index >= 15 is 0 Å². The first-order valence-corrected chi connectivity index (χ1v) is 6.07. The number of hydrogen-bond acceptors (Lipinski definition) is 3. The zero-order valence-corrected chi connectivity index (χ0v) is 10.5. The number of furan rings is 1. The lowest BCUT2D eigenvalue weighted by Crippen LogP contribution is -1.99. The van der Waals surface area contributed by atoms with Crippen LogP contribution in [0.25, 0.3) is 10.8 Å². The predicted molar refractivity (Wildman–Crippen MR) is 73.3 cm³/mol. The molecule has 0 aliphatic rings. The van der Waals surface area contributed by atoms with Gasteiger partial charge in [0.15, 0.2) is 0 Å². The summed E-state index contributed by atoms with van der Waals surface area (Å²) in [6.07, 6.45) is 2.42. The van der Waals surface area contributed by atoms with Gasteiger partial charge in [-0.25, -0.2) is 0 Å². The number of rotatable bonds is 3. The third-order valence-corrected chi connectivity index (χ3v) is 3.29. The van der Waals surface area contributed by atoms with Crippen LogP contribution in [-0.2, 0) is 0 Å². The molecule has 1 unspecified atom stereocenters. The smallest absolute Gasteiger partial charge is 0.126 e. The molecule has 96 valence electrons. The first-order chi connectivity index (χ1) is 9.31. The fourth-order valence-corrected chi connectivity index (χ4v) is 2.32. The fourth-order valence-electron chi connectivity index (χ4n) is 2.32. The topological polar surface area (TPSA) is 42.6 Å². The van der Waals surface area contributed by atoms with E-state index < -0.39 is 6.10 Å². The molecule has 1 aromatic heterocycles. The average Bonchev–Trinajstić information content (AvgIpc) is 2.99. The second-order valence-corrected chi connectivity index (χ2v) is 4.36. The molecule has 0 radical (unpaired) electrons. The van der Waals surface area contributed by atoms with Crippen molar-refractivity contribution in [2.45, 2.75) is 6.10 Å². The molecule has 19 heavy (non-hydrogen) atoms. The number of fused-ring (bicyclic) bond motifs is 1. The van der Waals surface area contributed by atoms with Crippen molar-refractivity contribution in [3.05, 3.63) is 66.1 Å². The van der Waals surface area contributed by atoms with E-state index in [4.69, 9.17) is 9.15 Å². The monoisotopic (exact) mass is 254 g/mol. The van der Waals surface area contributed by atoms with E-state index in [-0.39, 0.29) is 0 Å². The number of ether oxygens (including phenoxy) is 1. The summed E-state index contributed by atoms with van der Waals surface area (Å²) in [4.78, 5) is 0. The maximum Gasteiger partial charge on any atom is 0.126 e. The molecule has 3 nitrogen and oxygen atoms in total. The van der Waals surface area contributed by atoms with E-state index in [2.05, 4.69) is 0 Å². The third-order valence-electron chi connectivity index (χ3n) is 3.29. The molecule has 0 spiro atoms. The molecule has 0 fully saturated rings. The van der Waals surface area contributed by atoms with Crippen LogP contribution >= 0.6 is 0 Å². The molecule has 3 heteroatoms. The molecule has 0 saturated carbocycles. The van der Waals surface area contributed by atoms with Gasteiger partial charge in [-0.1, -0.05) is 30.3 Å². The SMILES string of the molecule is COc1ccc(C(O)c2ccoc2)c2ccccc12. The molecular weight excluding hydrogens is 240 g/mol. The van der Waals surface area contributed by atoms with Crippen molar-refractivity contribution in [1.82, 2.24) is 0 Å². The molecule has 0 aliphatic heterocycles. The van der Waals surface area contributed by atoms with E-state index in [9.17, 15) is 5.11 Å². The summed E-state index contributed by atoms with van der Waals surface area (Å²) in [6, 6.07) is 13.4. The highest BCUT2D eigenvalue weighted by Gasteiger charge is 2.16. The quantitative estimate of drug-likeness (QED) is 0.777. The maximum atomic E-state index is 10.4. The molecule has 3 rings (SSSR count). The van der Waals surface area contributed by atoms with Crippen LogP contribution in [0.2, 0.25) is 0 Å². The second-order valence-electron chi connectivity index (χ2n) is 4.36. The van der Waals surface area contributed by atoms with Crippen LogP contribution in [0.15, 0.2) is 59.4 Å². The summed E-state index contributed by atoms with van der Waals surface area (Å²) in [7, 11) is 1.65. The first kappa shape index (κ1) is 11.8. The van der Waals surface area contributed by atoms with Gasteiger partial charge in [0.2, 0.25) is 0 Å². The van der Waals surface area contributed by atoms with Gasteiger partial charge in [0.1, 0.15) is 11.9 Å². The number of aliphatic hydroxyl groups excluding tert-OH is 1. The number of hydrogen-bond donors (Lipinski definition) is 1. The summed E-state index contributed by atoms with van der Waals surface area (Å²) in [6.45, 7) is 0. The predicted octanol–water partition coefficient (Wildman–Crippen LogP) is 3.52. The molecular formula is C16H14O3. The fraction of sp³-hybridized carbons (Fsp3) is 0.125. The van der Waals surface area contributed by atoms with Crippen molar-refractivity contribution in [3.63, 3.8) is 0 Å². The number of methoxy groups -OCH3 is 1. The minimum absolute atomic E-state index is 0.699. The normalized spacial score (nSPS) is 12.5. The Labute approximate surface area is 111 Å². The van der Waals surface area contributed by atoms with Crippen LogP contribution in [0, 0.1) is 0 Å². The Kier molecular flexibility index (Phi) is 2.97. The van der Waals surface area contributed by atoms with Gasteiger partial charge in [-0.2, -0.15) is 0 Å². The molecule has 3 aromatic rings. The lowest BCUT2D eigenvalue weighted by Gasteiger charge is -2.14. The molecule has 0 amide bonds. The van der Waals surface area contributed by atoms with E-state index in [0.29, 0.717) is 0 Å². The number of benzene rings is 2. The summed E-state index contributed by atoms with van der Waals surface area (Å²) in [5.41, 5.74) is 1.59. The molecule has 0 saturated heterocycles. The maximum absolute atomic E-state index is 10.4. The summed E-state index contributed by atoms with van der Waals surface area (Å²) >= 11 is 0. The Morgan fingerprint density at radius 3 is 2.53 bits per heavy atom. The Hall–Kier alpha value is -2.26. The van der Waals surface area contributed by atoms with Crippen LogP contribution in [0.5, 0.6) is 5.75 Å². The van der Waals surface area contributed by atoms with Gasteiger partial charge in [0.05, 0.1) is 19.6 Å². The lowest BCUT2D eigenvalue weighted by molar-refractivity contribution is 0.221. The lowest BCUT2D eigenvalue weighted by atomic mass is 9.97. The zero-order chi connectivity index (χ0) is 13.2. The second kappa shape index (κ2) is 4.78. The zero-order valence-electron chi connectivity index (χ0n) is 10.5. The Morgan fingerprint density at radius 1 is 1.05 bits per heavy atom. The number of aliphatic hydroxyl groups is 1. The van der Waals surface area contributed by atoms with Crippen molar-refractivity contribution >= 4 is 10.8 Å². The molecule has 1 N–H and O–H groups in total. The van der Waals surface area contributed by atoms with Crippen LogP contribution in [0.4, 0.5) is 0 Å². The minimum Gasteiger partial charge on any atom is -0.496 e. The minimum atomic E-state index is -0.699. The largest absolute Gasteiger partial charge is 0.496 e. The standard InChI is InChI=1S/C16H14O3/c1-18-15-7-6-14(12-4-2-3-5-13(12)15)16(17)11-8-9-19-10-11/h2-10,16-17H,1H3. The van der Waals surface area contributed by atoms with Crippen molar-refractivity contribution in [2.24, 2.45) is 0 Å². The van der Waals surface area contributed by atoms with Gasteiger partial charge < -0.3 is 14.3 Å². The molecule has 1 heterocycles. The Balaban J connectivity index is 2.20. The van der Waals surface area contributed by atoms with Crippen molar-refractivity contribution in [1.29, 1.82) is 0 Å². The van der Waals surface area contributed by atoms with Gasteiger partial charge >= 0.3 is 0 Å². The first-order valence-electron chi connectivity index (χ1n) is 6.07. The molecule has 2 aromatic carbocycles. The van der Waals surface area contributed by atoms with Gasteiger partial charge in [0.25, 0.3) is 0 Å². The van der Waals surface area contributed by atoms with Crippen LogP contribution < -0.4 is 4.74 Å². The van der Waals surface area contributed by atoms with Gasteiger partial charge in [0, 0.05) is 10.9 Å². The van der Waals surface area contributed by atoms with Crippen molar-refractivity contribution < 1.29 is 14.3 Å². The van der Waals surface area contributed by atoms with Gasteiger partial charge in [-0.05, 0) is 23.1 Å². The Morgan fingerprint density at radius 2 is 1.84 bits per heavy atom. The van der Waals surface area contributed by atoms with Crippen LogP contribution in [-0.4, -0.2) is 12.2 Å². The summed E-state index contributed by atoms with van der Waals surface area (Å²) < 4.78 is 10.4. The third kappa shape index (κ3) is 1.98. The van der Waals surface area contributed by atoms with Crippen molar-refractivity contribution in [3.8, 4) is 5.75 Å². The van der Waals surface area contributed by atoms with Gasteiger partial charge in [-0.3, -0.25) is 0 Å². The highest BCUT2D eigenvalue weighted by molar-refractivity contribution is 5.91. The van der Waals surface area contributed by atoms with E-state index in [1.165, 1.54) is 0 Å². The van der Waals surface area contributed by atoms with E-state index in [0.717, 1.165) is 27.6 Å². The van der Waals surface area contributed by atoms with Gasteiger partial charge in [-0.15, -0.1) is 0 Å². The molecule has 0 bridgehead atoms. The van der Waals surface area contributed by atoms with E-state index in [1.54, 1.807) is 25.7 Å². The summed E-state index contributed by atoms with van der Waals surface area (Å²) in [5, 5.41) is 12.4. The Bertz CT molecular complexity index is 686. The average molecular weight is 254 g/mol. The van der Waals surface area contributed by atoms with Crippen LogP contribution in [0.3, 0.4) is 0 Å². The van der Waals surface area contributed by atoms with E-state index in [1.807, 2.05) is 36.4 Å². The highest BCUT2D eigenvalue weighted by Crippen LogP contribution is 2.33. The molecule has 1 atom stereocenters. The summed E-state index contributed by atoms with van der Waals surface area (Å²) in [5.74, 6) is 0.804.